The molecule has 1 aliphatic heterocycles. The third-order valence-electron chi connectivity index (χ3n) is 3.39. The van der Waals surface area contributed by atoms with E-state index in [1.807, 2.05) is 29.2 Å². The zero-order valence-electron chi connectivity index (χ0n) is 11.6. The van der Waals surface area contributed by atoms with Crippen LogP contribution in [-0.4, -0.2) is 37.1 Å². The van der Waals surface area contributed by atoms with Crippen LogP contribution in [0.5, 0.6) is 11.5 Å². The Labute approximate surface area is 114 Å². The first-order valence-corrected chi connectivity index (χ1v) is 6.81. The van der Waals surface area contributed by atoms with E-state index in [0.29, 0.717) is 11.5 Å². The number of hydrogen-bond donors (Lipinski definition) is 0. The van der Waals surface area contributed by atoms with Gasteiger partial charge in [0, 0.05) is 13.1 Å². The summed E-state index contributed by atoms with van der Waals surface area (Å²) in [6.07, 6.45) is 2.92. The third-order valence-corrected chi connectivity index (χ3v) is 3.39. The Bertz CT molecular complexity index is 427. The van der Waals surface area contributed by atoms with Gasteiger partial charge in [0.15, 0.2) is 17.6 Å². The highest BCUT2D eigenvalue weighted by Gasteiger charge is 2.24. The maximum absolute atomic E-state index is 12.3. The first-order chi connectivity index (χ1) is 9.22. The highest BCUT2D eigenvalue weighted by molar-refractivity contribution is 5.81. The van der Waals surface area contributed by atoms with Crippen molar-refractivity contribution >= 4 is 5.91 Å². The molecule has 0 aliphatic carbocycles. The zero-order valence-corrected chi connectivity index (χ0v) is 11.6. The fourth-order valence-electron chi connectivity index (χ4n) is 2.33. The van der Waals surface area contributed by atoms with Gasteiger partial charge >= 0.3 is 0 Å². The van der Waals surface area contributed by atoms with Crippen LogP contribution in [0, 0.1) is 0 Å². The van der Waals surface area contributed by atoms with Crippen molar-refractivity contribution < 1.29 is 14.3 Å². The van der Waals surface area contributed by atoms with Gasteiger partial charge in [-0.3, -0.25) is 4.79 Å². The summed E-state index contributed by atoms with van der Waals surface area (Å²) in [5, 5.41) is 0. The van der Waals surface area contributed by atoms with E-state index in [2.05, 4.69) is 0 Å². The summed E-state index contributed by atoms with van der Waals surface area (Å²) in [7, 11) is 1.60. The van der Waals surface area contributed by atoms with E-state index in [-0.39, 0.29) is 5.91 Å². The van der Waals surface area contributed by atoms with Crippen LogP contribution >= 0.6 is 0 Å². The molecular weight excluding hydrogens is 242 g/mol. The van der Waals surface area contributed by atoms with Gasteiger partial charge in [-0.05, 0) is 38.3 Å². The lowest BCUT2D eigenvalue weighted by Crippen LogP contribution is -2.43. The van der Waals surface area contributed by atoms with Gasteiger partial charge in [0.25, 0.3) is 5.91 Å². The number of para-hydroxylation sites is 2. The van der Waals surface area contributed by atoms with Crippen LogP contribution < -0.4 is 9.47 Å². The molecule has 1 aromatic rings. The van der Waals surface area contributed by atoms with E-state index in [1.165, 1.54) is 6.42 Å². The van der Waals surface area contributed by atoms with Crippen LogP contribution in [0.15, 0.2) is 24.3 Å². The summed E-state index contributed by atoms with van der Waals surface area (Å²) in [5.41, 5.74) is 0. The highest BCUT2D eigenvalue weighted by Crippen LogP contribution is 2.27. The van der Waals surface area contributed by atoms with Crippen molar-refractivity contribution in [2.24, 2.45) is 0 Å². The van der Waals surface area contributed by atoms with Crippen molar-refractivity contribution in [1.82, 2.24) is 4.90 Å². The second kappa shape index (κ2) is 6.45. The summed E-state index contributed by atoms with van der Waals surface area (Å²) in [5.74, 6) is 1.33. The molecule has 1 amide bonds. The predicted octanol–water partition coefficient (Wildman–Crippen LogP) is 2.48. The minimum atomic E-state index is -0.477. The largest absolute Gasteiger partial charge is 0.493 e. The number of likely N-dealkylation sites (tertiary alicyclic amines) is 1. The normalized spacial score (nSPS) is 16.8. The Morgan fingerprint density at radius 2 is 1.79 bits per heavy atom. The molecule has 0 saturated carbocycles. The Kier molecular flexibility index (Phi) is 4.66. The maximum atomic E-state index is 12.3. The number of piperidine rings is 1. The van der Waals surface area contributed by atoms with Crippen molar-refractivity contribution in [3.63, 3.8) is 0 Å². The highest BCUT2D eigenvalue weighted by atomic mass is 16.5. The Morgan fingerprint density at radius 3 is 2.42 bits per heavy atom. The predicted molar refractivity (Wildman–Crippen MR) is 73.5 cm³/mol. The summed E-state index contributed by atoms with van der Waals surface area (Å²) in [4.78, 5) is 14.2. The van der Waals surface area contributed by atoms with Crippen LogP contribution in [0.4, 0.5) is 0 Å². The molecule has 0 radical (unpaired) electrons. The Morgan fingerprint density at radius 1 is 1.16 bits per heavy atom. The zero-order chi connectivity index (χ0) is 13.7. The molecule has 1 saturated heterocycles. The van der Waals surface area contributed by atoms with Crippen molar-refractivity contribution in [2.45, 2.75) is 32.3 Å². The second-order valence-corrected chi connectivity index (χ2v) is 4.80. The fraction of sp³-hybridized carbons (Fsp3) is 0.533. The molecule has 1 atom stereocenters. The number of nitrogens with zero attached hydrogens (tertiary/aromatic N) is 1. The van der Waals surface area contributed by atoms with Crippen LogP contribution in [0.1, 0.15) is 26.2 Å². The molecule has 1 heterocycles. The van der Waals surface area contributed by atoms with Crippen molar-refractivity contribution in [2.75, 3.05) is 20.2 Å². The van der Waals surface area contributed by atoms with E-state index < -0.39 is 6.10 Å². The number of hydrogen-bond acceptors (Lipinski definition) is 3. The van der Waals surface area contributed by atoms with Gasteiger partial charge in [-0.2, -0.15) is 0 Å². The van der Waals surface area contributed by atoms with E-state index >= 15 is 0 Å². The average Bonchev–Trinajstić information content (AvgIpc) is 2.48. The van der Waals surface area contributed by atoms with Gasteiger partial charge in [0.05, 0.1) is 7.11 Å². The average molecular weight is 263 g/mol. The van der Waals surface area contributed by atoms with Crippen LogP contribution in [-0.2, 0) is 4.79 Å². The minimum Gasteiger partial charge on any atom is -0.493 e. The first-order valence-electron chi connectivity index (χ1n) is 6.81. The summed E-state index contributed by atoms with van der Waals surface area (Å²) in [6.45, 7) is 3.49. The number of benzene rings is 1. The minimum absolute atomic E-state index is 0.0607. The molecule has 1 aliphatic rings. The summed E-state index contributed by atoms with van der Waals surface area (Å²) >= 11 is 0. The van der Waals surface area contributed by atoms with Gasteiger partial charge in [0.2, 0.25) is 0 Å². The van der Waals surface area contributed by atoms with E-state index in [4.69, 9.17) is 9.47 Å². The molecule has 19 heavy (non-hydrogen) atoms. The molecule has 0 bridgehead atoms. The lowest BCUT2D eigenvalue weighted by atomic mass is 10.1. The van der Waals surface area contributed by atoms with E-state index in [1.54, 1.807) is 14.0 Å². The van der Waals surface area contributed by atoms with E-state index in [9.17, 15) is 4.79 Å². The number of carbonyl (C=O) groups is 1. The van der Waals surface area contributed by atoms with Crippen molar-refractivity contribution in [3.8, 4) is 11.5 Å². The summed E-state index contributed by atoms with van der Waals surface area (Å²) < 4.78 is 11.0. The molecule has 0 unspecified atom stereocenters. The summed E-state index contributed by atoms with van der Waals surface area (Å²) in [6, 6.07) is 7.39. The number of methoxy groups -OCH3 is 1. The van der Waals surface area contributed by atoms with Crippen molar-refractivity contribution in [3.05, 3.63) is 24.3 Å². The molecule has 104 valence electrons. The molecule has 2 rings (SSSR count). The van der Waals surface area contributed by atoms with Crippen LogP contribution in [0.2, 0.25) is 0 Å². The van der Waals surface area contributed by atoms with Gasteiger partial charge < -0.3 is 14.4 Å². The van der Waals surface area contributed by atoms with Gasteiger partial charge in [-0.25, -0.2) is 0 Å². The van der Waals surface area contributed by atoms with Gasteiger partial charge in [-0.1, -0.05) is 12.1 Å². The maximum Gasteiger partial charge on any atom is 0.263 e. The van der Waals surface area contributed by atoms with Gasteiger partial charge in [0.1, 0.15) is 0 Å². The number of ether oxygens (including phenoxy) is 2. The Hall–Kier alpha value is -1.71. The topological polar surface area (TPSA) is 38.8 Å². The quantitative estimate of drug-likeness (QED) is 0.837. The molecule has 0 spiro atoms. The number of rotatable bonds is 4. The van der Waals surface area contributed by atoms with Crippen LogP contribution in [0.3, 0.4) is 0 Å². The molecular formula is C15H21NO3. The molecule has 1 fully saturated rings. The second-order valence-electron chi connectivity index (χ2n) is 4.80. The van der Waals surface area contributed by atoms with E-state index in [0.717, 1.165) is 25.9 Å². The molecule has 4 nitrogen and oxygen atoms in total. The molecule has 4 heteroatoms. The lowest BCUT2D eigenvalue weighted by molar-refractivity contribution is -0.138. The van der Waals surface area contributed by atoms with Gasteiger partial charge in [-0.15, -0.1) is 0 Å². The van der Waals surface area contributed by atoms with Crippen LogP contribution in [0.25, 0.3) is 0 Å². The fourth-order valence-corrected chi connectivity index (χ4v) is 2.33. The SMILES string of the molecule is COc1ccccc1O[C@H](C)C(=O)N1CCCCC1. The monoisotopic (exact) mass is 263 g/mol. The smallest absolute Gasteiger partial charge is 0.263 e. The molecule has 0 aromatic heterocycles. The molecule has 1 aromatic carbocycles. The lowest BCUT2D eigenvalue weighted by Gasteiger charge is -2.29. The number of carbonyl (C=O) groups excluding carboxylic acids is 1. The standard InChI is InChI=1S/C15H21NO3/c1-12(15(17)16-10-6-3-7-11-16)19-14-9-5-4-8-13(14)18-2/h4-5,8-9,12H,3,6-7,10-11H2,1-2H3/t12-/m1/s1. The molecule has 0 N–H and O–H groups in total. The third kappa shape index (κ3) is 3.40. The Balaban J connectivity index is 1.99. The first kappa shape index (κ1) is 13.7. The number of amides is 1. The van der Waals surface area contributed by atoms with Crippen molar-refractivity contribution in [1.29, 1.82) is 0 Å².